The molecule has 0 saturated heterocycles. The summed E-state index contributed by atoms with van der Waals surface area (Å²) in [5.74, 6) is 1.26. The highest BCUT2D eigenvalue weighted by Gasteiger charge is 2.16. The van der Waals surface area contributed by atoms with Crippen LogP contribution in [-0.4, -0.2) is 40.7 Å². The van der Waals surface area contributed by atoms with E-state index in [0.29, 0.717) is 35.8 Å². The van der Waals surface area contributed by atoms with Gasteiger partial charge in [-0.15, -0.1) is 0 Å². The van der Waals surface area contributed by atoms with Gasteiger partial charge in [-0.05, 0) is 36.2 Å². The predicted octanol–water partition coefficient (Wildman–Crippen LogP) is 3.17. The molecular formula is C23H23N5O2. The first-order valence-corrected chi connectivity index (χ1v) is 9.70. The smallest absolute Gasteiger partial charge is 0.278 e. The number of hydrogen-bond acceptors (Lipinski definition) is 6. The third-order valence-corrected chi connectivity index (χ3v) is 4.90. The average molecular weight is 401 g/mol. The maximum atomic E-state index is 13.4. The molecule has 0 saturated carbocycles. The van der Waals surface area contributed by atoms with Crippen LogP contribution >= 0.6 is 0 Å². The number of aromatic nitrogens is 4. The molecule has 0 fully saturated rings. The summed E-state index contributed by atoms with van der Waals surface area (Å²) < 4.78 is 6.92. The Balaban J connectivity index is 1.86. The summed E-state index contributed by atoms with van der Waals surface area (Å²) in [4.78, 5) is 28.8. The lowest BCUT2D eigenvalue weighted by Crippen LogP contribution is -2.26. The number of aryl methyl sites for hydroxylation is 2. The number of fused-ring (bicyclic) bond motifs is 1. The lowest BCUT2D eigenvalue weighted by atomic mass is 10.1. The van der Waals surface area contributed by atoms with Crippen molar-refractivity contribution in [2.75, 3.05) is 26.1 Å². The Morgan fingerprint density at radius 3 is 2.40 bits per heavy atom. The zero-order valence-corrected chi connectivity index (χ0v) is 17.2. The summed E-state index contributed by atoms with van der Waals surface area (Å²) in [5, 5.41) is 0. The minimum atomic E-state index is -0.174. The molecule has 30 heavy (non-hydrogen) atoms. The molecule has 4 rings (SSSR count). The number of anilines is 1. The lowest BCUT2D eigenvalue weighted by Gasteiger charge is -2.15. The summed E-state index contributed by atoms with van der Waals surface area (Å²) >= 11 is 0. The second-order valence-corrected chi connectivity index (χ2v) is 7.15. The van der Waals surface area contributed by atoms with E-state index in [4.69, 9.17) is 4.74 Å². The number of benzene rings is 2. The van der Waals surface area contributed by atoms with Gasteiger partial charge in [-0.2, -0.15) is 4.98 Å². The molecule has 0 aliphatic rings. The van der Waals surface area contributed by atoms with E-state index < -0.39 is 0 Å². The fourth-order valence-electron chi connectivity index (χ4n) is 3.27. The molecule has 0 unspecified atom stereocenters. The zero-order chi connectivity index (χ0) is 21.1. The summed E-state index contributed by atoms with van der Waals surface area (Å²) in [7, 11) is 5.35. The number of methoxy groups -OCH3 is 1. The number of hydrogen-bond donors (Lipinski definition) is 0. The van der Waals surface area contributed by atoms with Gasteiger partial charge in [-0.1, -0.05) is 30.3 Å². The zero-order valence-electron chi connectivity index (χ0n) is 17.2. The van der Waals surface area contributed by atoms with Gasteiger partial charge < -0.3 is 9.64 Å². The molecule has 0 spiro atoms. The largest absolute Gasteiger partial charge is 0.497 e. The summed E-state index contributed by atoms with van der Waals surface area (Å²) in [6, 6.07) is 17.4. The van der Waals surface area contributed by atoms with Gasteiger partial charge in [0.2, 0.25) is 5.95 Å². The van der Waals surface area contributed by atoms with Crippen molar-refractivity contribution in [2.24, 2.45) is 0 Å². The van der Waals surface area contributed by atoms with Gasteiger partial charge in [0, 0.05) is 26.2 Å². The highest BCUT2D eigenvalue weighted by atomic mass is 16.5. The number of rotatable bonds is 6. The van der Waals surface area contributed by atoms with Crippen LogP contribution in [0.2, 0.25) is 0 Å². The molecule has 0 atom stereocenters. The van der Waals surface area contributed by atoms with Gasteiger partial charge >= 0.3 is 0 Å². The summed E-state index contributed by atoms with van der Waals surface area (Å²) in [6.07, 6.45) is 2.38. The van der Waals surface area contributed by atoms with E-state index in [1.165, 1.54) is 0 Å². The molecule has 0 N–H and O–H groups in total. The van der Waals surface area contributed by atoms with Crippen molar-refractivity contribution in [1.82, 2.24) is 19.5 Å². The van der Waals surface area contributed by atoms with Crippen molar-refractivity contribution in [3.05, 3.63) is 76.7 Å². The van der Waals surface area contributed by atoms with E-state index in [0.717, 1.165) is 16.9 Å². The molecule has 0 amide bonds. The van der Waals surface area contributed by atoms with Gasteiger partial charge in [0.15, 0.2) is 5.65 Å². The van der Waals surface area contributed by atoms with Gasteiger partial charge in [-0.3, -0.25) is 9.36 Å². The van der Waals surface area contributed by atoms with Gasteiger partial charge in [0.1, 0.15) is 17.0 Å². The first-order valence-electron chi connectivity index (χ1n) is 9.70. The van der Waals surface area contributed by atoms with E-state index in [1.54, 1.807) is 17.9 Å². The van der Waals surface area contributed by atoms with Crippen LogP contribution in [0.1, 0.15) is 5.56 Å². The van der Waals surface area contributed by atoms with Crippen LogP contribution in [0, 0.1) is 0 Å². The minimum absolute atomic E-state index is 0.174. The summed E-state index contributed by atoms with van der Waals surface area (Å²) in [5.41, 5.74) is 3.20. The first-order chi connectivity index (χ1) is 14.6. The first kappa shape index (κ1) is 19.6. The van der Waals surface area contributed by atoms with E-state index in [9.17, 15) is 4.79 Å². The van der Waals surface area contributed by atoms with E-state index >= 15 is 0 Å². The molecule has 7 nitrogen and oxygen atoms in total. The lowest BCUT2D eigenvalue weighted by molar-refractivity contribution is 0.415. The Kier molecular flexibility index (Phi) is 5.43. The molecule has 152 valence electrons. The van der Waals surface area contributed by atoms with Gasteiger partial charge in [-0.25, -0.2) is 9.97 Å². The topological polar surface area (TPSA) is 73.1 Å². The monoisotopic (exact) mass is 401 g/mol. The highest BCUT2D eigenvalue weighted by Crippen LogP contribution is 2.21. The molecule has 0 bridgehead atoms. The fraction of sp³-hybridized carbons (Fsp3) is 0.217. The van der Waals surface area contributed by atoms with Crippen molar-refractivity contribution in [3.63, 3.8) is 0 Å². The Morgan fingerprint density at radius 2 is 1.73 bits per heavy atom. The van der Waals surface area contributed by atoms with E-state index in [2.05, 4.69) is 27.1 Å². The van der Waals surface area contributed by atoms with E-state index in [-0.39, 0.29) is 5.56 Å². The fourth-order valence-corrected chi connectivity index (χ4v) is 3.27. The SMILES string of the molecule is COc1ccc(-c2nc3cnc(N(C)C)nc3n(CCc3ccccc3)c2=O)cc1. The predicted molar refractivity (Wildman–Crippen MR) is 118 cm³/mol. The Morgan fingerprint density at radius 1 is 1.00 bits per heavy atom. The molecule has 2 aromatic carbocycles. The quantitative estimate of drug-likeness (QED) is 0.494. The van der Waals surface area contributed by atoms with Crippen molar-refractivity contribution in [2.45, 2.75) is 13.0 Å². The summed E-state index contributed by atoms with van der Waals surface area (Å²) in [6.45, 7) is 0.495. The molecule has 2 aromatic heterocycles. The molecule has 4 aromatic rings. The second-order valence-electron chi connectivity index (χ2n) is 7.15. The standard InChI is InChI=1S/C23H23N5O2/c1-27(2)23-24-15-19-21(26-23)28(14-13-16-7-5-4-6-8-16)22(29)20(25-19)17-9-11-18(30-3)12-10-17/h4-12,15H,13-14H2,1-3H3. The molecule has 0 radical (unpaired) electrons. The third-order valence-electron chi connectivity index (χ3n) is 4.90. The van der Waals surface area contributed by atoms with Crippen LogP contribution in [0.5, 0.6) is 5.75 Å². The van der Waals surface area contributed by atoms with Crippen molar-refractivity contribution in [3.8, 4) is 17.0 Å². The van der Waals surface area contributed by atoms with Crippen LogP contribution in [-0.2, 0) is 13.0 Å². The van der Waals surface area contributed by atoms with Crippen molar-refractivity contribution in [1.29, 1.82) is 0 Å². The molecule has 2 heterocycles. The Hall–Kier alpha value is -3.74. The van der Waals surface area contributed by atoms with Crippen LogP contribution < -0.4 is 15.2 Å². The van der Waals surface area contributed by atoms with Crippen LogP contribution in [0.15, 0.2) is 65.6 Å². The maximum Gasteiger partial charge on any atom is 0.278 e. The highest BCUT2D eigenvalue weighted by molar-refractivity contribution is 5.74. The average Bonchev–Trinajstić information content (AvgIpc) is 2.78. The Bertz CT molecular complexity index is 1220. The second kappa shape index (κ2) is 8.32. The Labute approximate surface area is 174 Å². The van der Waals surface area contributed by atoms with E-state index in [1.807, 2.05) is 61.5 Å². The van der Waals surface area contributed by atoms with Gasteiger partial charge in [0.25, 0.3) is 5.56 Å². The van der Waals surface area contributed by atoms with Gasteiger partial charge in [0.05, 0.1) is 13.3 Å². The van der Waals surface area contributed by atoms with Crippen LogP contribution in [0.4, 0.5) is 5.95 Å². The minimum Gasteiger partial charge on any atom is -0.497 e. The molecular weight excluding hydrogens is 378 g/mol. The number of ether oxygens (including phenoxy) is 1. The van der Waals surface area contributed by atoms with Crippen LogP contribution in [0.3, 0.4) is 0 Å². The molecule has 0 aliphatic heterocycles. The third kappa shape index (κ3) is 3.87. The number of nitrogens with zero attached hydrogens (tertiary/aromatic N) is 5. The van der Waals surface area contributed by atoms with Crippen molar-refractivity contribution >= 4 is 17.1 Å². The van der Waals surface area contributed by atoms with Crippen molar-refractivity contribution < 1.29 is 4.74 Å². The molecule has 0 aliphatic carbocycles. The normalized spacial score (nSPS) is 10.9. The maximum absolute atomic E-state index is 13.4. The van der Waals surface area contributed by atoms with Crippen LogP contribution in [0.25, 0.3) is 22.4 Å². The molecule has 7 heteroatoms.